The summed E-state index contributed by atoms with van der Waals surface area (Å²) in [4.78, 5) is 50.5. The minimum Gasteiger partial charge on any atom is -0.451 e. The number of rotatable bonds is 3. The van der Waals surface area contributed by atoms with Gasteiger partial charge in [-0.2, -0.15) is 0 Å². The van der Waals surface area contributed by atoms with E-state index >= 15 is 0 Å². The molecule has 1 aliphatic heterocycles. The normalized spacial score (nSPS) is 22.7. The number of fused-ring (bicyclic) bond motifs is 1. The lowest BCUT2D eigenvalue weighted by atomic mass is 9.89. The predicted molar refractivity (Wildman–Crippen MR) is 106 cm³/mol. The number of imide groups is 1. The molecule has 1 aromatic carbocycles. The molecule has 9 heteroatoms. The van der Waals surface area contributed by atoms with Crippen molar-refractivity contribution in [2.45, 2.75) is 37.8 Å². The van der Waals surface area contributed by atoms with Crippen molar-refractivity contribution in [1.29, 1.82) is 0 Å². The molecule has 2 unspecified atom stereocenters. The number of hydrogen-bond acceptors (Lipinski definition) is 6. The monoisotopic (exact) mass is 420 g/mol. The van der Waals surface area contributed by atoms with E-state index in [-0.39, 0.29) is 45.8 Å². The molecule has 146 valence electrons. The average molecular weight is 421 g/mol. The zero-order valence-corrected chi connectivity index (χ0v) is 16.3. The van der Waals surface area contributed by atoms with Crippen LogP contribution < -0.4 is 10.7 Å². The predicted octanol–water partition coefficient (Wildman–Crippen LogP) is 3.18. The second kappa shape index (κ2) is 7.60. The lowest BCUT2D eigenvalue weighted by Gasteiger charge is -2.36. The Labute approximate surface area is 169 Å². The summed E-state index contributed by atoms with van der Waals surface area (Å²) in [5, 5.41) is 3.28. The fourth-order valence-electron chi connectivity index (χ4n) is 3.75. The summed E-state index contributed by atoms with van der Waals surface area (Å²) < 4.78 is 5.58. The van der Waals surface area contributed by atoms with Gasteiger partial charge in [0.25, 0.3) is 11.1 Å². The number of thioether (sulfide) groups is 1. The lowest BCUT2D eigenvalue weighted by Crippen LogP contribution is -2.54. The summed E-state index contributed by atoms with van der Waals surface area (Å²) in [6.07, 6.45) is 3.05. The fourth-order valence-corrected chi connectivity index (χ4v) is 4.69. The highest BCUT2D eigenvalue weighted by Gasteiger charge is 2.41. The number of nitrogens with zero attached hydrogens (tertiary/aromatic N) is 1. The van der Waals surface area contributed by atoms with E-state index in [1.54, 1.807) is 6.07 Å². The van der Waals surface area contributed by atoms with Crippen molar-refractivity contribution in [2.24, 2.45) is 0 Å². The van der Waals surface area contributed by atoms with E-state index in [4.69, 9.17) is 16.0 Å². The van der Waals surface area contributed by atoms with Gasteiger partial charge in [0.05, 0.1) is 23.2 Å². The summed E-state index contributed by atoms with van der Waals surface area (Å²) >= 11 is 6.89. The number of carbonyl (C=O) groups excluding carboxylic acids is 3. The number of nitrogens with one attached hydrogen (secondary N) is 1. The van der Waals surface area contributed by atoms with Crippen LogP contribution in [0.25, 0.3) is 11.0 Å². The van der Waals surface area contributed by atoms with Crippen LogP contribution in [0.4, 0.5) is 4.79 Å². The van der Waals surface area contributed by atoms with E-state index in [0.717, 1.165) is 30.7 Å². The van der Waals surface area contributed by atoms with Crippen molar-refractivity contribution < 1.29 is 18.8 Å². The van der Waals surface area contributed by atoms with Crippen molar-refractivity contribution >= 4 is 51.4 Å². The second-order valence-electron chi connectivity index (χ2n) is 6.87. The van der Waals surface area contributed by atoms with E-state index in [1.807, 2.05) is 0 Å². The Morgan fingerprint density at radius 1 is 1.18 bits per heavy atom. The van der Waals surface area contributed by atoms with Crippen molar-refractivity contribution in [2.75, 3.05) is 5.75 Å². The third-order valence-electron chi connectivity index (χ3n) is 5.08. The van der Waals surface area contributed by atoms with Gasteiger partial charge in [0.1, 0.15) is 5.58 Å². The summed E-state index contributed by atoms with van der Waals surface area (Å²) in [7, 11) is 0. The molecule has 1 N–H and O–H groups in total. The number of hydrogen-bond donors (Lipinski definition) is 1. The van der Waals surface area contributed by atoms with Crippen LogP contribution in [0.2, 0.25) is 5.02 Å². The van der Waals surface area contributed by atoms with E-state index in [2.05, 4.69) is 5.32 Å². The highest BCUT2D eigenvalue weighted by Crippen LogP contribution is 2.30. The summed E-state index contributed by atoms with van der Waals surface area (Å²) in [5.41, 5.74) is -0.0982. The molecule has 0 radical (unpaired) electrons. The van der Waals surface area contributed by atoms with E-state index in [9.17, 15) is 19.2 Å². The van der Waals surface area contributed by atoms with Crippen LogP contribution in [0.15, 0.2) is 33.5 Å². The molecule has 0 spiro atoms. The topological polar surface area (TPSA) is 96.7 Å². The molecule has 1 saturated carbocycles. The molecule has 1 saturated heterocycles. The number of carbonyl (C=O) groups is 3. The zero-order chi connectivity index (χ0) is 19.8. The maximum atomic E-state index is 12.7. The molecule has 2 heterocycles. The largest absolute Gasteiger partial charge is 0.451 e. The second-order valence-corrected chi connectivity index (χ2v) is 8.23. The van der Waals surface area contributed by atoms with Crippen LogP contribution in [0.3, 0.4) is 0 Å². The number of halogens is 1. The Morgan fingerprint density at radius 3 is 2.71 bits per heavy atom. The zero-order valence-electron chi connectivity index (χ0n) is 14.8. The SMILES string of the molecule is O=C(NC1CCCCC1N1C(=O)CSC1=O)c1cc(=O)c2cc(Cl)ccc2o1. The summed E-state index contributed by atoms with van der Waals surface area (Å²) in [6, 6.07) is 4.99. The lowest BCUT2D eigenvalue weighted by molar-refractivity contribution is -0.127. The van der Waals surface area contributed by atoms with Crippen molar-refractivity contribution in [3.63, 3.8) is 0 Å². The van der Waals surface area contributed by atoms with Crippen LogP contribution in [-0.4, -0.2) is 39.8 Å². The molecule has 3 amide bonds. The Balaban J connectivity index is 1.59. The molecule has 0 bridgehead atoms. The molecule has 1 aromatic heterocycles. The Kier molecular flexibility index (Phi) is 5.16. The van der Waals surface area contributed by atoms with Crippen molar-refractivity contribution in [1.82, 2.24) is 10.2 Å². The minimum absolute atomic E-state index is 0.113. The minimum atomic E-state index is -0.544. The maximum absolute atomic E-state index is 12.7. The van der Waals surface area contributed by atoms with Gasteiger partial charge in [0.2, 0.25) is 5.91 Å². The Morgan fingerprint density at radius 2 is 1.96 bits per heavy atom. The number of benzene rings is 1. The maximum Gasteiger partial charge on any atom is 0.289 e. The molecule has 2 fully saturated rings. The molecular weight excluding hydrogens is 404 g/mol. The van der Waals surface area contributed by atoms with E-state index < -0.39 is 5.91 Å². The van der Waals surface area contributed by atoms with E-state index in [0.29, 0.717) is 23.3 Å². The van der Waals surface area contributed by atoms with Crippen LogP contribution in [-0.2, 0) is 4.79 Å². The van der Waals surface area contributed by atoms with E-state index in [1.165, 1.54) is 17.0 Å². The summed E-state index contributed by atoms with van der Waals surface area (Å²) in [6.45, 7) is 0. The molecule has 7 nitrogen and oxygen atoms in total. The van der Waals surface area contributed by atoms with Gasteiger partial charge in [0, 0.05) is 11.1 Å². The van der Waals surface area contributed by atoms with Gasteiger partial charge < -0.3 is 9.73 Å². The van der Waals surface area contributed by atoms with Gasteiger partial charge in [0.15, 0.2) is 11.2 Å². The van der Waals surface area contributed by atoms with Gasteiger partial charge >= 0.3 is 0 Å². The first-order chi connectivity index (χ1) is 13.4. The molecule has 1 aliphatic carbocycles. The molecule has 2 atom stereocenters. The third-order valence-corrected chi connectivity index (χ3v) is 6.15. The molecule has 28 heavy (non-hydrogen) atoms. The van der Waals surface area contributed by atoms with Gasteiger partial charge in [-0.15, -0.1) is 0 Å². The fraction of sp³-hybridized carbons (Fsp3) is 0.368. The highest BCUT2D eigenvalue weighted by molar-refractivity contribution is 8.14. The van der Waals surface area contributed by atoms with Crippen LogP contribution in [0.1, 0.15) is 36.2 Å². The van der Waals surface area contributed by atoms with Gasteiger partial charge in [-0.25, -0.2) is 0 Å². The standard InChI is InChI=1S/C19H17ClN2O5S/c20-10-5-6-15-11(7-10)14(23)8-16(27-15)18(25)21-12-3-1-2-4-13(12)22-17(24)9-28-19(22)26/h5-8,12-13H,1-4,9H2,(H,21,25). The first-order valence-electron chi connectivity index (χ1n) is 8.97. The third kappa shape index (κ3) is 3.54. The van der Waals surface area contributed by atoms with Crippen LogP contribution in [0, 0.1) is 0 Å². The number of amides is 3. The van der Waals surface area contributed by atoms with Gasteiger partial charge in [-0.05, 0) is 31.0 Å². The van der Waals surface area contributed by atoms with Gasteiger partial charge in [-0.1, -0.05) is 36.2 Å². The van der Waals surface area contributed by atoms with Crippen molar-refractivity contribution in [3.05, 3.63) is 45.3 Å². The van der Waals surface area contributed by atoms with Crippen LogP contribution >= 0.6 is 23.4 Å². The molecule has 2 aliphatic rings. The quantitative estimate of drug-likeness (QED) is 0.819. The Hall–Kier alpha value is -2.32. The molecule has 4 rings (SSSR count). The van der Waals surface area contributed by atoms with Gasteiger partial charge in [-0.3, -0.25) is 24.1 Å². The summed E-state index contributed by atoms with van der Waals surface area (Å²) in [5.74, 6) is -0.747. The first kappa shape index (κ1) is 19.0. The average Bonchev–Trinajstić information content (AvgIpc) is 3.01. The van der Waals surface area contributed by atoms with Crippen molar-refractivity contribution in [3.8, 4) is 0 Å². The van der Waals surface area contributed by atoms with Crippen LogP contribution in [0.5, 0.6) is 0 Å². The smallest absolute Gasteiger partial charge is 0.289 e. The highest BCUT2D eigenvalue weighted by atomic mass is 35.5. The molecular formula is C19H17ClN2O5S. The first-order valence-corrected chi connectivity index (χ1v) is 10.3. The molecule has 2 aromatic rings. The Bertz CT molecular complexity index is 1020.